The van der Waals surface area contributed by atoms with Crippen molar-refractivity contribution in [3.8, 4) is 5.75 Å². The van der Waals surface area contributed by atoms with E-state index in [2.05, 4.69) is 5.32 Å². The number of carbonyl (C=O) groups excluding carboxylic acids is 4. The number of benzene rings is 1. The molecule has 2 aliphatic rings. The zero-order chi connectivity index (χ0) is 20.6. The van der Waals surface area contributed by atoms with Gasteiger partial charge in [0.2, 0.25) is 5.91 Å². The summed E-state index contributed by atoms with van der Waals surface area (Å²) in [6.07, 6.45) is -1.08. The van der Waals surface area contributed by atoms with E-state index in [4.69, 9.17) is 9.47 Å². The fourth-order valence-corrected chi connectivity index (χ4v) is 3.24. The van der Waals surface area contributed by atoms with Gasteiger partial charge in [0.1, 0.15) is 17.6 Å². The van der Waals surface area contributed by atoms with Crippen LogP contribution in [0.2, 0.25) is 0 Å². The molecular weight excluding hydrogens is 368 g/mol. The first-order valence-corrected chi connectivity index (χ1v) is 8.91. The summed E-state index contributed by atoms with van der Waals surface area (Å²) in [5.41, 5.74) is -0.528. The largest absolute Gasteiger partial charge is 0.481 e. The molecule has 1 aromatic rings. The van der Waals surface area contributed by atoms with Crippen LogP contribution in [0.4, 0.5) is 0 Å². The van der Waals surface area contributed by atoms with Gasteiger partial charge in [-0.25, -0.2) is 4.79 Å². The Balaban J connectivity index is 1.80. The molecular formula is C19H22N2O7. The van der Waals surface area contributed by atoms with E-state index in [9.17, 15) is 24.3 Å². The zero-order valence-corrected chi connectivity index (χ0v) is 15.9. The summed E-state index contributed by atoms with van der Waals surface area (Å²) in [4.78, 5) is 49.9. The normalized spacial score (nSPS) is 22.0. The van der Waals surface area contributed by atoms with Crippen LogP contribution in [-0.2, 0) is 14.3 Å². The molecule has 9 heteroatoms. The molecule has 2 N–H and O–H groups in total. The average Bonchev–Trinajstić information content (AvgIpc) is 2.84. The number of fused-ring (bicyclic) bond motifs is 1. The highest BCUT2D eigenvalue weighted by Gasteiger charge is 2.45. The third-order valence-electron chi connectivity index (χ3n) is 4.35. The smallest absolute Gasteiger partial charge is 0.344 e. The molecule has 28 heavy (non-hydrogen) atoms. The number of nitrogens with zero attached hydrogens (tertiary/aromatic N) is 1. The molecule has 0 aromatic heterocycles. The molecule has 0 radical (unpaired) electrons. The lowest BCUT2D eigenvalue weighted by atomic mass is 10.0. The summed E-state index contributed by atoms with van der Waals surface area (Å²) in [7, 11) is 0. The SMILES string of the molecule is CC(C)(C)OC(=O)COc1cccc2c1C(=O)N(C1CCC(=O)NC1O)C2=O. The minimum atomic E-state index is -1.34. The van der Waals surface area contributed by atoms with Crippen LogP contribution < -0.4 is 10.1 Å². The molecule has 2 aliphatic heterocycles. The molecule has 2 unspecified atom stereocenters. The van der Waals surface area contributed by atoms with Crippen LogP contribution in [0.1, 0.15) is 54.3 Å². The van der Waals surface area contributed by atoms with Crippen LogP contribution in [0, 0.1) is 0 Å². The third-order valence-corrected chi connectivity index (χ3v) is 4.35. The quantitative estimate of drug-likeness (QED) is 0.570. The topological polar surface area (TPSA) is 122 Å². The number of imide groups is 1. The van der Waals surface area contributed by atoms with E-state index in [-0.39, 0.29) is 35.6 Å². The van der Waals surface area contributed by atoms with Gasteiger partial charge in [0.25, 0.3) is 11.8 Å². The summed E-state index contributed by atoms with van der Waals surface area (Å²) in [6, 6.07) is 3.63. The molecule has 0 spiro atoms. The maximum Gasteiger partial charge on any atom is 0.344 e. The Hall–Kier alpha value is -2.94. The Kier molecular flexibility index (Phi) is 5.12. The molecule has 3 rings (SSSR count). The molecule has 0 aliphatic carbocycles. The van der Waals surface area contributed by atoms with Crippen molar-refractivity contribution < 1.29 is 33.8 Å². The van der Waals surface area contributed by atoms with Crippen LogP contribution >= 0.6 is 0 Å². The molecule has 1 fully saturated rings. The Labute approximate surface area is 161 Å². The van der Waals surface area contributed by atoms with Gasteiger partial charge >= 0.3 is 5.97 Å². The molecule has 150 valence electrons. The number of carbonyl (C=O) groups is 4. The third kappa shape index (κ3) is 3.84. The van der Waals surface area contributed by atoms with Gasteiger partial charge in [-0.2, -0.15) is 0 Å². The summed E-state index contributed by atoms with van der Waals surface area (Å²) < 4.78 is 10.6. The van der Waals surface area contributed by atoms with E-state index in [0.29, 0.717) is 0 Å². The highest BCUT2D eigenvalue weighted by molar-refractivity contribution is 6.23. The number of amides is 3. The first-order chi connectivity index (χ1) is 13.1. The number of hydrogen-bond donors (Lipinski definition) is 2. The van der Waals surface area contributed by atoms with Crippen molar-refractivity contribution in [2.45, 2.75) is 51.5 Å². The van der Waals surface area contributed by atoms with Gasteiger partial charge in [-0.05, 0) is 39.3 Å². The van der Waals surface area contributed by atoms with E-state index in [1.54, 1.807) is 20.8 Å². The Morgan fingerprint density at radius 2 is 1.96 bits per heavy atom. The maximum atomic E-state index is 12.9. The second-order valence-corrected chi connectivity index (χ2v) is 7.65. The van der Waals surface area contributed by atoms with E-state index in [1.165, 1.54) is 18.2 Å². The average molecular weight is 390 g/mol. The lowest BCUT2D eigenvalue weighted by molar-refractivity contribution is -0.157. The van der Waals surface area contributed by atoms with Gasteiger partial charge in [0, 0.05) is 6.42 Å². The van der Waals surface area contributed by atoms with Gasteiger partial charge in [-0.15, -0.1) is 0 Å². The van der Waals surface area contributed by atoms with Crippen molar-refractivity contribution in [1.82, 2.24) is 10.2 Å². The summed E-state index contributed by atoms with van der Waals surface area (Å²) in [5, 5.41) is 12.4. The fourth-order valence-electron chi connectivity index (χ4n) is 3.24. The number of aliphatic hydroxyl groups is 1. The highest BCUT2D eigenvalue weighted by Crippen LogP contribution is 2.34. The molecule has 3 amide bonds. The van der Waals surface area contributed by atoms with Crippen molar-refractivity contribution in [3.05, 3.63) is 29.3 Å². The second-order valence-electron chi connectivity index (χ2n) is 7.65. The monoisotopic (exact) mass is 390 g/mol. The zero-order valence-electron chi connectivity index (χ0n) is 15.9. The van der Waals surface area contributed by atoms with Gasteiger partial charge in [0.05, 0.1) is 17.2 Å². The Morgan fingerprint density at radius 1 is 1.25 bits per heavy atom. The summed E-state index contributed by atoms with van der Waals surface area (Å²) in [5.74, 6) is -2.09. The summed E-state index contributed by atoms with van der Waals surface area (Å²) in [6.45, 7) is 4.75. The van der Waals surface area contributed by atoms with Gasteiger partial charge in [0.15, 0.2) is 6.61 Å². The number of ether oxygens (including phenoxy) is 2. The molecule has 2 heterocycles. The van der Waals surface area contributed by atoms with E-state index in [1.807, 2.05) is 0 Å². The Morgan fingerprint density at radius 3 is 2.61 bits per heavy atom. The van der Waals surface area contributed by atoms with Gasteiger partial charge in [-0.1, -0.05) is 6.07 Å². The minimum absolute atomic E-state index is 0.0279. The second kappa shape index (κ2) is 7.23. The number of rotatable bonds is 4. The number of esters is 1. The number of aliphatic hydroxyl groups excluding tert-OH is 1. The van der Waals surface area contributed by atoms with Crippen molar-refractivity contribution in [2.75, 3.05) is 6.61 Å². The molecule has 9 nitrogen and oxygen atoms in total. The van der Waals surface area contributed by atoms with Gasteiger partial charge < -0.3 is 19.9 Å². The highest BCUT2D eigenvalue weighted by atomic mass is 16.6. The van der Waals surface area contributed by atoms with Crippen LogP contribution in [0.25, 0.3) is 0 Å². The Bertz CT molecular complexity index is 843. The molecule has 1 saturated heterocycles. The van der Waals surface area contributed by atoms with Crippen molar-refractivity contribution in [2.24, 2.45) is 0 Å². The first-order valence-electron chi connectivity index (χ1n) is 8.91. The van der Waals surface area contributed by atoms with Crippen molar-refractivity contribution >= 4 is 23.7 Å². The minimum Gasteiger partial charge on any atom is -0.481 e. The summed E-state index contributed by atoms with van der Waals surface area (Å²) >= 11 is 0. The van der Waals surface area contributed by atoms with Crippen LogP contribution in [-0.4, -0.2) is 58.2 Å². The van der Waals surface area contributed by atoms with Crippen LogP contribution in [0.15, 0.2) is 18.2 Å². The number of piperidine rings is 1. The fraction of sp³-hybridized carbons (Fsp3) is 0.474. The molecule has 0 bridgehead atoms. The van der Waals surface area contributed by atoms with Crippen LogP contribution in [0.3, 0.4) is 0 Å². The number of nitrogens with one attached hydrogen (secondary N) is 1. The van der Waals surface area contributed by atoms with Crippen molar-refractivity contribution in [1.29, 1.82) is 0 Å². The predicted molar refractivity (Wildman–Crippen MR) is 95.5 cm³/mol. The predicted octanol–water partition coefficient (Wildman–Crippen LogP) is 0.600. The first kappa shape index (κ1) is 19.8. The molecule has 0 saturated carbocycles. The lowest BCUT2D eigenvalue weighted by Crippen LogP contribution is -2.57. The van der Waals surface area contributed by atoms with E-state index >= 15 is 0 Å². The molecule has 2 atom stereocenters. The van der Waals surface area contributed by atoms with Crippen molar-refractivity contribution in [3.63, 3.8) is 0 Å². The lowest BCUT2D eigenvalue weighted by Gasteiger charge is -2.33. The van der Waals surface area contributed by atoms with Crippen LogP contribution in [0.5, 0.6) is 5.75 Å². The van der Waals surface area contributed by atoms with Gasteiger partial charge in [-0.3, -0.25) is 19.3 Å². The maximum absolute atomic E-state index is 12.9. The van der Waals surface area contributed by atoms with E-state index in [0.717, 1.165) is 4.90 Å². The number of hydrogen-bond acceptors (Lipinski definition) is 7. The molecule has 1 aromatic carbocycles. The standard InChI is InChI=1S/C19H22N2O7/c1-19(2,3)28-14(23)9-27-12-6-4-5-10-15(12)18(26)21(17(10)25)11-7-8-13(22)20-16(11)24/h4-6,11,16,24H,7-9H2,1-3H3,(H,20,22). The van der Waals surface area contributed by atoms with E-state index < -0.39 is 42.3 Å².